The van der Waals surface area contributed by atoms with E-state index in [-0.39, 0.29) is 6.42 Å². The van der Waals surface area contributed by atoms with Crippen LogP contribution in [0.3, 0.4) is 0 Å². The van der Waals surface area contributed by atoms with Gasteiger partial charge in [-0.1, -0.05) is 212 Å². The number of amides is 1. The van der Waals surface area contributed by atoms with E-state index in [2.05, 4.69) is 19.2 Å². The quantitative estimate of drug-likeness (QED) is 0.0286. The molecule has 0 aliphatic rings. The molecule has 292 valence electrons. The van der Waals surface area contributed by atoms with Crippen LogP contribution in [0.2, 0.25) is 0 Å². The molecule has 0 fully saturated rings. The molecular formula is C41H81NO6S. The molecule has 49 heavy (non-hydrogen) atoms. The molecule has 4 N–H and O–H groups in total. The highest BCUT2D eigenvalue weighted by Crippen LogP contribution is 2.16. The topological polar surface area (TPSA) is 124 Å². The fourth-order valence-electron chi connectivity index (χ4n) is 6.57. The van der Waals surface area contributed by atoms with Crippen LogP contribution in [0.15, 0.2) is 12.2 Å². The first-order valence-corrected chi connectivity index (χ1v) is 22.6. The molecule has 0 spiro atoms. The number of nitrogens with one attached hydrogen (secondary N) is 1. The Kier molecular flexibility index (Phi) is 34.7. The Morgan fingerprint density at radius 2 is 0.878 bits per heavy atom. The minimum Gasteiger partial charge on any atom is -0.387 e. The molecule has 0 radical (unpaired) electrons. The standard InChI is InChI=1S/C41H81NO6S/c1-3-5-7-9-11-13-15-17-18-19-20-21-22-24-26-28-30-32-34-36-40(44)41(45)42-38(37-49(46,47)48)39(43)35-33-31-29-27-25-23-16-14-12-10-8-6-4-2/h33,35,38-40,43-44H,3-32,34,36-37H2,1-2H3,(H,42,45)(H,46,47,48)/b35-33+. The SMILES string of the molecule is CCCCCCCCCCCCC/C=C/C(O)C(CS(=O)(=O)O)NC(=O)C(O)CCCCCCCCCCCCCCCCCCCCC. The molecule has 0 aliphatic heterocycles. The van der Waals surface area contributed by atoms with Crippen molar-refractivity contribution in [2.45, 2.75) is 238 Å². The summed E-state index contributed by atoms with van der Waals surface area (Å²) in [5.41, 5.74) is 0. The summed E-state index contributed by atoms with van der Waals surface area (Å²) >= 11 is 0. The van der Waals surface area contributed by atoms with Crippen molar-refractivity contribution in [3.8, 4) is 0 Å². The van der Waals surface area contributed by atoms with Gasteiger partial charge in [0.2, 0.25) is 5.91 Å². The van der Waals surface area contributed by atoms with Gasteiger partial charge in [-0.15, -0.1) is 0 Å². The van der Waals surface area contributed by atoms with E-state index in [0.29, 0.717) is 6.42 Å². The molecule has 0 aromatic heterocycles. The molecule has 0 rings (SSSR count). The zero-order valence-electron chi connectivity index (χ0n) is 32.2. The van der Waals surface area contributed by atoms with Crippen LogP contribution in [0.25, 0.3) is 0 Å². The predicted octanol–water partition coefficient (Wildman–Crippen LogP) is 11.2. The number of carbonyl (C=O) groups is 1. The summed E-state index contributed by atoms with van der Waals surface area (Å²) in [6.45, 7) is 4.51. The van der Waals surface area contributed by atoms with E-state index in [1.165, 1.54) is 160 Å². The summed E-state index contributed by atoms with van der Waals surface area (Å²) in [7, 11) is -4.43. The molecule has 0 bridgehead atoms. The lowest BCUT2D eigenvalue weighted by molar-refractivity contribution is -0.130. The Balaban J connectivity index is 3.96. The molecular weight excluding hydrogens is 635 g/mol. The lowest BCUT2D eigenvalue weighted by Crippen LogP contribution is -2.50. The van der Waals surface area contributed by atoms with Gasteiger partial charge in [-0.3, -0.25) is 9.35 Å². The maximum absolute atomic E-state index is 12.6. The third-order valence-electron chi connectivity index (χ3n) is 9.82. The van der Waals surface area contributed by atoms with Gasteiger partial charge in [0, 0.05) is 0 Å². The van der Waals surface area contributed by atoms with Gasteiger partial charge in [-0.05, 0) is 19.3 Å². The summed E-state index contributed by atoms with van der Waals surface area (Å²) in [5, 5.41) is 23.4. The van der Waals surface area contributed by atoms with E-state index in [1.807, 2.05) is 0 Å². The zero-order chi connectivity index (χ0) is 36.3. The van der Waals surface area contributed by atoms with Crippen molar-refractivity contribution >= 4 is 16.0 Å². The first-order valence-electron chi connectivity index (χ1n) is 21.0. The number of unbranched alkanes of at least 4 members (excludes halogenated alkanes) is 29. The molecule has 7 nitrogen and oxygen atoms in total. The molecule has 0 aromatic rings. The minimum absolute atomic E-state index is 0.286. The van der Waals surface area contributed by atoms with Gasteiger partial charge in [0.1, 0.15) is 6.10 Å². The largest absolute Gasteiger partial charge is 0.387 e. The second-order valence-electron chi connectivity index (χ2n) is 14.8. The maximum Gasteiger partial charge on any atom is 0.267 e. The number of carbonyl (C=O) groups excluding carboxylic acids is 1. The third kappa shape index (κ3) is 35.2. The number of aliphatic hydroxyl groups is 2. The van der Waals surface area contributed by atoms with Gasteiger partial charge < -0.3 is 15.5 Å². The maximum atomic E-state index is 12.6. The van der Waals surface area contributed by atoms with Crippen LogP contribution in [0, 0.1) is 0 Å². The van der Waals surface area contributed by atoms with Crippen LogP contribution in [0.4, 0.5) is 0 Å². The van der Waals surface area contributed by atoms with Gasteiger partial charge in [0.25, 0.3) is 10.1 Å². The van der Waals surface area contributed by atoms with E-state index in [0.717, 1.165) is 38.5 Å². The Labute approximate surface area is 304 Å². The Hall–Kier alpha value is -0.960. The van der Waals surface area contributed by atoms with Crippen molar-refractivity contribution in [1.29, 1.82) is 0 Å². The average Bonchev–Trinajstić information content (AvgIpc) is 3.06. The van der Waals surface area contributed by atoms with Crippen LogP contribution in [0.1, 0.15) is 219 Å². The number of aliphatic hydroxyl groups excluding tert-OH is 2. The van der Waals surface area contributed by atoms with Gasteiger partial charge in [0.15, 0.2) is 0 Å². The van der Waals surface area contributed by atoms with E-state index in [1.54, 1.807) is 6.08 Å². The Morgan fingerprint density at radius 3 is 1.22 bits per heavy atom. The van der Waals surface area contributed by atoms with Crippen molar-refractivity contribution in [3.63, 3.8) is 0 Å². The number of rotatable bonds is 38. The monoisotopic (exact) mass is 716 g/mol. The van der Waals surface area contributed by atoms with E-state index >= 15 is 0 Å². The molecule has 3 atom stereocenters. The summed E-state index contributed by atoms with van der Waals surface area (Å²) in [5.74, 6) is -1.52. The molecule has 3 unspecified atom stereocenters. The predicted molar refractivity (Wildman–Crippen MR) is 209 cm³/mol. The van der Waals surface area contributed by atoms with Crippen LogP contribution in [0.5, 0.6) is 0 Å². The molecule has 0 saturated carbocycles. The molecule has 8 heteroatoms. The number of hydrogen-bond acceptors (Lipinski definition) is 5. The number of hydrogen-bond donors (Lipinski definition) is 4. The highest BCUT2D eigenvalue weighted by molar-refractivity contribution is 7.85. The summed E-state index contributed by atoms with van der Waals surface area (Å²) in [6.07, 6.45) is 39.8. The fraction of sp³-hybridized carbons (Fsp3) is 0.927. The first kappa shape index (κ1) is 48.0. The van der Waals surface area contributed by atoms with Gasteiger partial charge in [-0.2, -0.15) is 8.42 Å². The zero-order valence-corrected chi connectivity index (χ0v) is 33.0. The van der Waals surface area contributed by atoms with Crippen LogP contribution < -0.4 is 5.32 Å². The van der Waals surface area contributed by atoms with Gasteiger partial charge in [0.05, 0.1) is 17.9 Å². The fourth-order valence-corrected chi connectivity index (χ4v) is 7.31. The Morgan fingerprint density at radius 1 is 0.551 bits per heavy atom. The van der Waals surface area contributed by atoms with Crippen LogP contribution >= 0.6 is 0 Å². The summed E-state index contributed by atoms with van der Waals surface area (Å²) < 4.78 is 32.5. The highest BCUT2D eigenvalue weighted by Gasteiger charge is 2.27. The summed E-state index contributed by atoms with van der Waals surface area (Å²) in [6, 6.07) is -1.23. The van der Waals surface area contributed by atoms with Crippen LogP contribution in [-0.2, 0) is 14.9 Å². The van der Waals surface area contributed by atoms with E-state index in [9.17, 15) is 28.0 Å². The molecule has 0 heterocycles. The van der Waals surface area contributed by atoms with Gasteiger partial charge >= 0.3 is 0 Å². The minimum atomic E-state index is -4.43. The normalized spacial score (nSPS) is 14.0. The van der Waals surface area contributed by atoms with Crippen LogP contribution in [-0.4, -0.2) is 53.1 Å². The van der Waals surface area contributed by atoms with Crippen molar-refractivity contribution in [1.82, 2.24) is 5.32 Å². The molecule has 0 saturated heterocycles. The molecule has 1 amide bonds. The van der Waals surface area contributed by atoms with Crippen molar-refractivity contribution in [2.75, 3.05) is 5.75 Å². The molecule has 0 aromatic carbocycles. The summed E-state index contributed by atoms with van der Waals surface area (Å²) in [4.78, 5) is 12.6. The number of allylic oxidation sites excluding steroid dienone is 1. The Bertz CT molecular complexity index is 849. The van der Waals surface area contributed by atoms with Crippen molar-refractivity contribution in [2.24, 2.45) is 0 Å². The van der Waals surface area contributed by atoms with Gasteiger partial charge in [-0.25, -0.2) is 0 Å². The third-order valence-corrected chi connectivity index (χ3v) is 10.6. The lowest BCUT2D eigenvalue weighted by atomic mass is 10.0. The van der Waals surface area contributed by atoms with E-state index in [4.69, 9.17) is 0 Å². The highest BCUT2D eigenvalue weighted by atomic mass is 32.2. The second kappa shape index (κ2) is 35.4. The van der Waals surface area contributed by atoms with E-state index < -0.39 is 40.0 Å². The smallest absolute Gasteiger partial charge is 0.267 e. The van der Waals surface area contributed by atoms with Crippen molar-refractivity contribution in [3.05, 3.63) is 12.2 Å². The lowest BCUT2D eigenvalue weighted by Gasteiger charge is -2.22. The first-order chi connectivity index (χ1) is 23.7. The average molecular weight is 716 g/mol. The van der Waals surface area contributed by atoms with Crippen molar-refractivity contribution < 1.29 is 28.0 Å². The second-order valence-corrected chi connectivity index (χ2v) is 16.3. The molecule has 0 aliphatic carbocycles.